The highest BCUT2D eigenvalue weighted by molar-refractivity contribution is 6.08. The molecule has 1 atom stereocenters. The van der Waals surface area contributed by atoms with Crippen LogP contribution in [0.2, 0.25) is 0 Å². The summed E-state index contributed by atoms with van der Waals surface area (Å²) in [6, 6.07) is 7.27. The Bertz CT molecular complexity index is 499. The van der Waals surface area contributed by atoms with Crippen LogP contribution in [0.3, 0.4) is 0 Å². The smallest absolute Gasteiger partial charge is 0.188 e. The zero-order chi connectivity index (χ0) is 17.8. The SMILES string of the molecule is C=C(CC)C(=O)c1ccc(OCC(COC)NCCCOC)cc1. The number of ether oxygens (including phenoxy) is 3. The van der Waals surface area contributed by atoms with Crippen LogP contribution in [0.15, 0.2) is 36.4 Å². The van der Waals surface area contributed by atoms with Gasteiger partial charge in [0.05, 0.1) is 12.6 Å². The first kappa shape index (κ1) is 20.4. The molecule has 5 heteroatoms. The normalized spacial score (nSPS) is 12.0. The maximum Gasteiger partial charge on any atom is 0.188 e. The third-order valence-electron chi connectivity index (χ3n) is 3.64. The zero-order valence-electron chi connectivity index (χ0n) is 15.0. The lowest BCUT2D eigenvalue weighted by atomic mass is 10.0. The van der Waals surface area contributed by atoms with Crippen molar-refractivity contribution in [3.63, 3.8) is 0 Å². The molecule has 0 fully saturated rings. The van der Waals surface area contributed by atoms with Crippen molar-refractivity contribution in [2.45, 2.75) is 25.8 Å². The van der Waals surface area contributed by atoms with Crippen LogP contribution in [-0.4, -0.2) is 52.4 Å². The molecular weight excluding hydrogens is 306 g/mol. The first-order valence-corrected chi connectivity index (χ1v) is 8.29. The van der Waals surface area contributed by atoms with Gasteiger partial charge in [-0.15, -0.1) is 0 Å². The number of allylic oxidation sites excluding steroid dienone is 1. The lowest BCUT2D eigenvalue weighted by Gasteiger charge is -2.18. The van der Waals surface area contributed by atoms with E-state index in [0.29, 0.717) is 30.8 Å². The van der Waals surface area contributed by atoms with Crippen LogP contribution in [-0.2, 0) is 9.47 Å². The molecule has 0 radical (unpaired) electrons. The minimum Gasteiger partial charge on any atom is -0.492 e. The van der Waals surface area contributed by atoms with Crippen molar-refractivity contribution in [2.24, 2.45) is 0 Å². The monoisotopic (exact) mass is 335 g/mol. The summed E-state index contributed by atoms with van der Waals surface area (Å²) in [5.41, 5.74) is 1.25. The third kappa shape index (κ3) is 7.25. The highest BCUT2D eigenvalue weighted by Crippen LogP contribution is 2.16. The first-order chi connectivity index (χ1) is 11.6. The Morgan fingerprint density at radius 2 is 1.88 bits per heavy atom. The number of carbonyl (C=O) groups excluding carboxylic acids is 1. The lowest BCUT2D eigenvalue weighted by molar-refractivity contribution is 0.103. The average Bonchev–Trinajstić information content (AvgIpc) is 2.62. The standard InChI is InChI=1S/C19H29NO4/c1-5-15(2)19(21)16-7-9-18(10-8-16)24-14-17(13-23-4)20-11-6-12-22-3/h7-10,17,20H,2,5-6,11-14H2,1,3-4H3. The van der Waals surface area contributed by atoms with Crippen LogP contribution < -0.4 is 10.1 Å². The Morgan fingerprint density at radius 1 is 1.17 bits per heavy atom. The van der Waals surface area contributed by atoms with Crippen molar-refractivity contribution in [1.82, 2.24) is 5.32 Å². The van der Waals surface area contributed by atoms with Crippen LogP contribution in [0.4, 0.5) is 0 Å². The molecular formula is C19H29NO4. The number of hydrogen-bond donors (Lipinski definition) is 1. The molecule has 0 aliphatic rings. The molecule has 134 valence electrons. The van der Waals surface area contributed by atoms with Crippen LogP contribution in [0.5, 0.6) is 5.75 Å². The Morgan fingerprint density at radius 3 is 2.46 bits per heavy atom. The van der Waals surface area contributed by atoms with Crippen LogP contribution in [0, 0.1) is 0 Å². The minimum atomic E-state index is -0.0129. The summed E-state index contributed by atoms with van der Waals surface area (Å²) in [6.07, 6.45) is 1.60. The van der Waals surface area contributed by atoms with Gasteiger partial charge >= 0.3 is 0 Å². The molecule has 1 N–H and O–H groups in total. The van der Waals surface area contributed by atoms with Gasteiger partial charge in [-0.3, -0.25) is 4.79 Å². The second-order valence-electron chi connectivity index (χ2n) is 5.57. The van der Waals surface area contributed by atoms with Crippen molar-refractivity contribution in [3.8, 4) is 5.75 Å². The van der Waals surface area contributed by atoms with E-state index in [2.05, 4.69) is 11.9 Å². The lowest BCUT2D eigenvalue weighted by Crippen LogP contribution is -2.39. The number of Topliss-reactive ketones (excluding diaryl/α,β-unsaturated/α-hetero) is 1. The summed E-state index contributed by atoms with van der Waals surface area (Å²) >= 11 is 0. The molecule has 24 heavy (non-hydrogen) atoms. The van der Waals surface area contributed by atoms with Gasteiger partial charge in [0.2, 0.25) is 0 Å². The molecule has 0 aliphatic carbocycles. The number of nitrogens with one attached hydrogen (secondary N) is 1. The maximum atomic E-state index is 12.0. The number of benzene rings is 1. The van der Waals surface area contributed by atoms with Crippen molar-refractivity contribution >= 4 is 5.78 Å². The summed E-state index contributed by atoms with van der Waals surface area (Å²) in [7, 11) is 3.37. The van der Waals surface area contributed by atoms with Gasteiger partial charge in [0.25, 0.3) is 0 Å². The first-order valence-electron chi connectivity index (χ1n) is 8.29. The summed E-state index contributed by atoms with van der Waals surface area (Å²) < 4.78 is 16.0. The minimum absolute atomic E-state index is 0.0129. The second-order valence-corrected chi connectivity index (χ2v) is 5.57. The number of ketones is 1. The highest BCUT2D eigenvalue weighted by atomic mass is 16.5. The van der Waals surface area contributed by atoms with Gasteiger partial charge in [-0.2, -0.15) is 0 Å². The molecule has 1 aromatic carbocycles. The Kier molecular flexibility index (Phi) is 10.00. The van der Waals surface area contributed by atoms with Gasteiger partial charge in [-0.25, -0.2) is 0 Å². The van der Waals surface area contributed by atoms with Crippen molar-refractivity contribution in [1.29, 1.82) is 0 Å². The fourth-order valence-electron chi connectivity index (χ4n) is 2.15. The van der Waals surface area contributed by atoms with Crippen LogP contribution in [0.1, 0.15) is 30.1 Å². The Balaban J connectivity index is 2.49. The third-order valence-corrected chi connectivity index (χ3v) is 3.64. The number of methoxy groups -OCH3 is 2. The highest BCUT2D eigenvalue weighted by Gasteiger charge is 2.11. The molecule has 5 nitrogen and oxygen atoms in total. The van der Waals surface area contributed by atoms with Crippen molar-refractivity contribution in [3.05, 3.63) is 42.0 Å². The molecule has 0 saturated heterocycles. The van der Waals surface area contributed by atoms with Gasteiger partial charge < -0.3 is 19.5 Å². The number of carbonyl (C=O) groups is 1. The van der Waals surface area contributed by atoms with Gasteiger partial charge in [0.15, 0.2) is 5.78 Å². The molecule has 0 spiro atoms. The van der Waals surface area contributed by atoms with Crippen LogP contribution >= 0.6 is 0 Å². The quantitative estimate of drug-likeness (QED) is 0.341. The zero-order valence-corrected chi connectivity index (χ0v) is 15.0. The number of rotatable bonds is 13. The molecule has 0 bridgehead atoms. The molecule has 1 unspecified atom stereocenters. The predicted octanol–water partition coefficient (Wildman–Crippen LogP) is 2.86. The maximum absolute atomic E-state index is 12.0. The van der Waals surface area contributed by atoms with E-state index in [4.69, 9.17) is 14.2 Å². The molecule has 1 rings (SSSR count). The summed E-state index contributed by atoms with van der Waals surface area (Å²) in [6.45, 7) is 8.34. The fraction of sp³-hybridized carbons (Fsp3) is 0.526. The van der Waals surface area contributed by atoms with E-state index in [1.807, 2.05) is 19.1 Å². The van der Waals surface area contributed by atoms with Crippen LogP contribution in [0.25, 0.3) is 0 Å². The summed E-state index contributed by atoms with van der Waals surface area (Å²) in [4.78, 5) is 12.0. The van der Waals surface area contributed by atoms with E-state index in [1.54, 1.807) is 26.4 Å². The van der Waals surface area contributed by atoms with E-state index in [-0.39, 0.29) is 11.8 Å². The predicted molar refractivity (Wildman–Crippen MR) is 95.9 cm³/mol. The Labute approximate surface area is 145 Å². The van der Waals surface area contributed by atoms with E-state index in [1.165, 1.54) is 0 Å². The molecule has 0 heterocycles. The fourth-order valence-corrected chi connectivity index (χ4v) is 2.15. The molecule has 0 aliphatic heterocycles. The average molecular weight is 335 g/mol. The largest absolute Gasteiger partial charge is 0.492 e. The molecule has 0 amide bonds. The van der Waals surface area contributed by atoms with Crippen molar-refractivity contribution < 1.29 is 19.0 Å². The Hall–Kier alpha value is -1.69. The molecule has 1 aromatic rings. The van der Waals surface area contributed by atoms with Gasteiger partial charge in [-0.05, 0) is 49.2 Å². The van der Waals surface area contributed by atoms with Gasteiger partial charge in [0.1, 0.15) is 12.4 Å². The molecule has 0 saturated carbocycles. The topological polar surface area (TPSA) is 56.8 Å². The van der Waals surface area contributed by atoms with Crippen molar-refractivity contribution in [2.75, 3.05) is 40.6 Å². The number of hydrogen-bond acceptors (Lipinski definition) is 5. The van der Waals surface area contributed by atoms with Gasteiger partial charge in [-0.1, -0.05) is 13.5 Å². The van der Waals surface area contributed by atoms with E-state index in [0.717, 1.165) is 25.3 Å². The van der Waals surface area contributed by atoms with E-state index < -0.39 is 0 Å². The molecule has 0 aromatic heterocycles. The summed E-state index contributed by atoms with van der Waals surface area (Å²) in [5, 5.41) is 3.38. The second kappa shape index (κ2) is 11.8. The van der Waals surface area contributed by atoms with E-state index in [9.17, 15) is 4.79 Å². The summed E-state index contributed by atoms with van der Waals surface area (Å²) in [5.74, 6) is 0.717. The van der Waals surface area contributed by atoms with E-state index >= 15 is 0 Å². The van der Waals surface area contributed by atoms with Gasteiger partial charge in [0, 0.05) is 26.4 Å².